The molecule has 1 saturated heterocycles. The Labute approximate surface area is 145 Å². The highest BCUT2D eigenvalue weighted by atomic mass is 15.2. The summed E-state index contributed by atoms with van der Waals surface area (Å²) in [5, 5.41) is 3.43. The fraction of sp³-hybridized carbons (Fsp3) is 0.450. The van der Waals surface area contributed by atoms with Crippen LogP contribution in [0.5, 0.6) is 0 Å². The van der Waals surface area contributed by atoms with Crippen molar-refractivity contribution in [2.75, 3.05) is 30.7 Å². The van der Waals surface area contributed by atoms with E-state index in [1.165, 1.54) is 37.1 Å². The van der Waals surface area contributed by atoms with Crippen molar-refractivity contribution in [1.82, 2.24) is 9.88 Å². The van der Waals surface area contributed by atoms with Gasteiger partial charge in [0.2, 0.25) is 0 Å². The third-order valence-corrected chi connectivity index (χ3v) is 4.52. The number of benzene rings is 1. The van der Waals surface area contributed by atoms with Gasteiger partial charge in [-0.2, -0.15) is 0 Å². The van der Waals surface area contributed by atoms with Crippen LogP contribution in [0.25, 0.3) is 0 Å². The van der Waals surface area contributed by atoms with Gasteiger partial charge in [0.1, 0.15) is 5.82 Å². The van der Waals surface area contributed by atoms with Crippen LogP contribution < -0.4 is 11.1 Å². The van der Waals surface area contributed by atoms with E-state index in [9.17, 15) is 0 Å². The highest BCUT2D eigenvalue weighted by Crippen LogP contribution is 2.18. The number of nitrogen functional groups attached to an aromatic ring is 1. The minimum absolute atomic E-state index is 0.584. The second-order valence-electron chi connectivity index (χ2n) is 6.68. The van der Waals surface area contributed by atoms with Crippen LogP contribution in [0.3, 0.4) is 0 Å². The number of hydrogen-bond donors (Lipinski definition) is 2. The Hall–Kier alpha value is -2.07. The van der Waals surface area contributed by atoms with Crippen molar-refractivity contribution in [3.05, 3.63) is 53.2 Å². The quantitative estimate of drug-likeness (QED) is 0.728. The zero-order valence-electron chi connectivity index (χ0n) is 14.6. The Kier molecular flexibility index (Phi) is 5.70. The van der Waals surface area contributed by atoms with E-state index in [1.807, 2.05) is 6.07 Å². The summed E-state index contributed by atoms with van der Waals surface area (Å²) in [6.07, 6.45) is 4.51. The first kappa shape index (κ1) is 16.8. The Morgan fingerprint density at radius 2 is 1.88 bits per heavy atom. The lowest BCUT2D eigenvalue weighted by Crippen LogP contribution is -2.36. The van der Waals surface area contributed by atoms with Crippen molar-refractivity contribution in [3.8, 4) is 0 Å². The topological polar surface area (TPSA) is 54.2 Å². The van der Waals surface area contributed by atoms with Crippen LogP contribution in [0.2, 0.25) is 0 Å². The van der Waals surface area contributed by atoms with Crippen molar-refractivity contribution in [2.24, 2.45) is 0 Å². The molecule has 0 aliphatic carbocycles. The lowest BCUT2D eigenvalue weighted by Gasteiger charge is -2.30. The maximum atomic E-state index is 5.96. The van der Waals surface area contributed by atoms with E-state index in [0.29, 0.717) is 5.82 Å². The van der Waals surface area contributed by atoms with Crippen molar-refractivity contribution < 1.29 is 0 Å². The summed E-state index contributed by atoms with van der Waals surface area (Å²) in [6, 6.07) is 12.9. The molecular formula is C20H28N4. The first-order chi connectivity index (χ1) is 11.7. The van der Waals surface area contributed by atoms with Gasteiger partial charge in [0.15, 0.2) is 0 Å². The summed E-state index contributed by atoms with van der Waals surface area (Å²) in [5.41, 5.74) is 10.7. The minimum Gasteiger partial charge on any atom is -0.385 e. The second-order valence-corrected chi connectivity index (χ2v) is 6.68. The van der Waals surface area contributed by atoms with Gasteiger partial charge in [-0.3, -0.25) is 4.90 Å². The maximum Gasteiger partial charge on any atom is 0.125 e. The third-order valence-electron chi connectivity index (χ3n) is 4.52. The Morgan fingerprint density at radius 3 is 2.54 bits per heavy atom. The van der Waals surface area contributed by atoms with Crippen LogP contribution in [0.15, 0.2) is 36.4 Å². The van der Waals surface area contributed by atoms with Gasteiger partial charge in [0.25, 0.3) is 0 Å². The summed E-state index contributed by atoms with van der Waals surface area (Å²) < 4.78 is 0. The standard InChI is InChI=1S/C20H28N4/c1-2-3-9-22-18-13-19(23-20(21)14-18)12-16-5-7-17(8-6-16)15-24-10-4-11-24/h5-8,13-14H,2-4,9-12,15H2,1H3,(H3,21,22,23). The number of aromatic nitrogens is 1. The van der Waals surface area contributed by atoms with E-state index in [4.69, 9.17) is 5.73 Å². The van der Waals surface area contributed by atoms with Crippen molar-refractivity contribution in [2.45, 2.75) is 39.2 Å². The average Bonchev–Trinajstić information content (AvgIpc) is 2.52. The highest BCUT2D eigenvalue weighted by molar-refractivity contribution is 5.52. The Morgan fingerprint density at radius 1 is 1.12 bits per heavy atom. The molecule has 0 unspecified atom stereocenters. The van der Waals surface area contributed by atoms with E-state index >= 15 is 0 Å². The van der Waals surface area contributed by atoms with Gasteiger partial charge in [-0.05, 0) is 43.1 Å². The highest BCUT2D eigenvalue weighted by Gasteiger charge is 2.13. The molecule has 1 aliphatic rings. The third kappa shape index (κ3) is 4.71. The maximum absolute atomic E-state index is 5.96. The molecule has 2 heterocycles. The molecule has 1 aromatic carbocycles. The monoisotopic (exact) mass is 324 g/mol. The van der Waals surface area contributed by atoms with Gasteiger partial charge in [-0.25, -0.2) is 4.98 Å². The lowest BCUT2D eigenvalue weighted by atomic mass is 10.1. The van der Waals surface area contributed by atoms with Gasteiger partial charge >= 0.3 is 0 Å². The number of anilines is 2. The number of hydrogen-bond acceptors (Lipinski definition) is 4. The normalized spacial score (nSPS) is 14.4. The number of nitrogens with one attached hydrogen (secondary N) is 1. The fourth-order valence-electron chi connectivity index (χ4n) is 2.98. The smallest absolute Gasteiger partial charge is 0.125 e. The molecule has 0 radical (unpaired) electrons. The van der Waals surface area contributed by atoms with Crippen LogP contribution in [0, 0.1) is 0 Å². The van der Waals surface area contributed by atoms with E-state index < -0.39 is 0 Å². The summed E-state index contributed by atoms with van der Waals surface area (Å²) in [6.45, 7) is 6.72. The minimum atomic E-state index is 0.584. The van der Waals surface area contributed by atoms with Crippen LogP contribution in [-0.2, 0) is 13.0 Å². The number of rotatable bonds is 8. The number of likely N-dealkylation sites (tertiary alicyclic amines) is 1. The molecule has 0 amide bonds. The van der Waals surface area contributed by atoms with Gasteiger partial charge in [0.05, 0.1) is 0 Å². The molecule has 1 aromatic heterocycles. The second kappa shape index (κ2) is 8.15. The molecule has 4 heteroatoms. The van der Waals surface area contributed by atoms with E-state index in [0.717, 1.165) is 37.3 Å². The van der Waals surface area contributed by atoms with E-state index in [2.05, 4.69) is 52.5 Å². The predicted octanol–water partition coefficient (Wildman–Crippen LogP) is 3.67. The van der Waals surface area contributed by atoms with Crippen molar-refractivity contribution in [3.63, 3.8) is 0 Å². The molecule has 3 N–H and O–H groups in total. The summed E-state index contributed by atoms with van der Waals surface area (Å²) >= 11 is 0. The van der Waals surface area contributed by atoms with Crippen molar-refractivity contribution >= 4 is 11.5 Å². The average molecular weight is 324 g/mol. The first-order valence-electron chi connectivity index (χ1n) is 9.03. The molecule has 4 nitrogen and oxygen atoms in total. The number of nitrogens with zero attached hydrogens (tertiary/aromatic N) is 2. The molecule has 24 heavy (non-hydrogen) atoms. The summed E-state index contributed by atoms with van der Waals surface area (Å²) in [5.74, 6) is 0.584. The summed E-state index contributed by atoms with van der Waals surface area (Å²) in [7, 11) is 0. The van der Waals surface area contributed by atoms with Crippen LogP contribution >= 0.6 is 0 Å². The molecule has 2 aromatic rings. The van der Waals surface area contributed by atoms with Gasteiger partial charge in [-0.1, -0.05) is 37.6 Å². The molecule has 3 rings (SSSR count). The zero-order valence-corrected chi connectivity index (χ0v) is 14.6. The van der Waals surface area contributed by atoms with E-state index in [1.54, 1.807) is 0 Å². The SMILES string of the molecule is CCCCNc1cc(N)nc(Cc2ccc(CN3CCC3)cc2)c1. The molecule has 1 aliphatic heterocycles. The fourth-order valence-corrected chi connectivity index (χ4v) is 2.98. The molecule has 1 fully saturated rings. The predicted molar refractivity (Wildman–Crippen MR) is 101 cm³/mol. The van der Waals surface area contributed by atoms with Crippen LogP contribution in [0.4, 0.5) is 11.5 Å². The molecule has 0 spiro atoms. The van der Waals surface area contributed by atoms with E-state index in [-0.39, 0.29) is 0 Å². The Bertz CT molecular complexity index is 647. The van der Waals surface area contributed by atoms with Gasteiger partial charge in [-0.15, -0.1) is 0 Å². The first-order valence-corrected chi connectivity index (χ1v) is 9.03. The zero-order chi connectivity index (χ0) is 16.8. The number of nitrogens with two attached hydrogens (primary N) is 1. The van der Waals surface area contributed by atoms with Gasteiger partial charge < -0.3 is 11.1 Å². The lowest BCUT2D eigenvalue weighted by molar-refractivity contribution is 0.172. The van der Waals surface area contributed by atoms with Crippen LogP contribution in [0.1, 0.15) is 43.0 Å². The Balaban J connectivity index is 1.61. The van der Waals surface area contributed by atoms with Crippen LogP contribution in [-0.4, -0.2) is 29.5 Å². The largest absolute Gasteiger partial charge is 0.385 e. The van der Waals surface area contributed by atoms with Crippen molar-refractivity contribution in [1.29, 1.82) is 0 Å². The summed E-state index contributed by atoms with van der Waals surface area (Å²) in [4.78, 5) is 6.96. The number of unbranched alkanes of at least 4 members (excludes halogenated alkanes) is 1. The molecule has 128 valence electrons. The molecule has 0 atom stereocenters. The molecule has 0 bridgehead atoms. The number of pyridine rings is 1. The molecular weight excluding hydrogens is 296 g/mol. The van der Waals surface area contributed by atoms with Gasteiger partial charge in [0, 0.05) is 37.0 Å². The molecule has 0 saturated carbocycles.